The second-order valence-electron chi connectivity index (χ2n) is 18.7. The predicted molar refractivity (Wildman–Crippen MR) is 271 cm³/mol. The maximum Gasteiger partial charge on any atom is 0.121 e. The number of hydrogen-bond acceptors (Lipinski definition) is 4. The van der Waals surface area contributed by atoms with E-state index in [2.05, 4.69) is 197 Å². The molecule has 8 aromatic carbocycles. The SMILES string of the molecule is CC(C)(C)c1ccnc(-c2[c-]cccc2)n1.Cc1cccc2nc(-c3[c-]ccc4c3oc3cc5c(ccc6ccccc65)cc34)n(-c3c(C(C)C)cc(-c4ccccc4)cc3C(C)C)c12.[Ir]. The molecule has 1 radical (unpaired) electrons. The Balaban J connectivity index is 0.000000273. The monoisotopic (exact) mass is 1040 g/mol. The molecule has 0 amide bonds. The number of fused-ring (bicyclic) bond motifs is 7. The molecule has 329 valence electrons. The molecule has 0 atom stereocenters. The minimum absolute atomic E-state index is 0. The molecule has 0 aliphatic carbocycles. The van der Waals surface area contributed by atoms with E-state index < -0.39 is 0 Å². The summed E-state index contributed by atoms with van der Waals surface area (Å²) in [5.74, 6) is 2.14. The molecule has 0 N–H and O–H groups in total. The average Bonchev–Trinajstić information content (AvgIpc) is 3.90. The maximum atomic E-state index is 6.86. The van der Waals surface area contributed by atoms with Crippen LogP contribution in [-0.2, 0) is 25.5 Å². The molecule has 11 rings (SSSR count). The molecule has 11 aromatic rings. The fourth-order valence-electron chi connectivity index (χ4n) is 9.14. The first kappa shape index (κ1) is 44.5. The summed E-state index contributed by atoms with van der Waals surface area (Å²) in [5, 5.41) is 7.02. The molecule has 6 heteroatoms. The maximum absolute atomic E-state index is 6.86. The minimum atomic E-state index is 0. The van der Waals surface area contributed by atoms with Gasteiger partial charge in [-0.2, -0.15) is 0 Å². The Morgan fingerprint density at radius 1 is 0.606 bits per heavy atom. The van der Waals surface area contributed by atoms with Crippen LogP contribution >= 0.6 is 0 Å². The van der Waals surface area contributed by atoms with E-state index in [-0.39, 0.29) is 37.4 Å². The first-order valence-corrected chi connectivity index (χ1v) is 22.7. The summed E-state index contributed by atoms with van der Waals surface area (Å²) in [4.78, 5) is 14.2. The van der Waals surface area contributed by atoms with Gasteiger partial charge in [0.1, 0.15) is 5.58 Å². The molecule has 3 aromatic heterocycles. The van der Waals surface area contributed by atoms with Crippen LogP contribution in [0.5, 0.6) is 0 Å². The Labute approximate surface area is 400 Å². The number of aromatic nitrogens is 4. The molecular formula is C60H52IrN4O-2. The van der Waals surface area contributed by atoms with Gasteiger partial charge in [0.25, 0.3) is 0 Å². The Bertz CT molecular complexity index is 3510. The molecule has 66 heavy (non-hydrogen) atoms. The van der Waals surface area contributed by atoms with Crippen LogP contribution in [0.3, 0.4) is 0 Å². The van der Waals surface area contributed by atoms with Gasteiger partial charge in [0.05, 0.1) is 28.3 Å². The van der Waals surface area contributed by atoms with Crippen molar-refractivity contribution >= 4 is 54.5 Å². The number of para-hydroxylation sites is 1. The Kier molecular flexibility index (Phi) is 12.1. The summed E-state index contributed by atoms with van der Waals surface area (Å²) in [7, 11) is 0. The Morgan fingerprint density at radius 3 is 2.06 bits per heavy atom. The van der Waals surface area contributed by atoms with Crippen LogP contribution in [0.25, 0.3) is 94.1 Å². The van der Waals surface area contributed by atoms with Gasteiger partial charge in [-0.3, -0.25) is 15.0 Å². The first-order valence-electron chi connectivity index (χ1n) is 22.7. The van der Waals surface area contributed by atoms with Crippen LogP contribution in [0.1, 0.15) is 82.7 Å². The third-order valence-corrected chi connectivity index (χ3v) is 12.5. The Hall–Kier alpha value is -6.72. The van der Waals surface area contributed by atoms with Crippen LogP contribution in [-0.4, -0.2) is 19.5 Å². The van der Waals surface area contributed by atoms with Crippen LogP contribution in [0.2, 0.25) is 0 Å². The summed E-state index contributed by atoms with van der Waals surface area (Å²) < 4.78 is 9.27. The number of rotatable bonds is 6. The van der Waals surface area contributed by atoms with E-state index in [9.17, 15) is 0 Å². The molecule has 0 unspecified atom stereocenters. The summed E-state index contributed by atoms with van der Waals surface area (Å²) in [6, 6.07) is 60.0. The molecule has 5 nitrogen and oxygen atoms in total. The van der Waals surface area contributed by atoms with Crippen molar-refractivity contribution in [1.29, 1.82) is 0 Å². The van der Waals surface area contributed by atoms with Crippen molar-refractivity contribution < 1.29 is 24.5 Å². The van der Waals surface area contributed by atoms with Gasteiger partial charge in [0, 0.05) is 48.5 Å². The normalized spacial score (nSPS) is 11.8. The van der Waals surface area contributed by atoms with E-state index in [1.54, 1.807) is 0 Å². The van der Waals surface area contributed by atoms with Crippen molar-refractivity contribution in [3.05, 3.63) is 192 Å². The molecular weight excluding hydrogens is 985 g/mol. The third kappa shape index (κ3) is 8.14. The van der Waals surface area contributed by atoms with E-state index in [0.29, 0.717) is 0 Å². The van der Waals surface area contributed by atoms with E-state index in [1.807, 2.05) is 42.6 Å². The van der Waals surface area contributed by atoms with Crippen LogP contribution in [0, 0.1) is 19.1 Å². The Morgan fingerprint density at radius 2 is 1.33 bits per heavy atom. The molecule has 0 saturated heterocycles. The van der Waals surface area contributed by atoms with Gasteiger partial charge in [-0.1, -0.05) is 138 Å². The van der Waals surface area contributed by atoms with E-state index >= 15 is 0 Å². The summed E-state index contributed by atoms with van der Waals surface area (Å²) in [5.41, 5.74) is 14.1. The van der Waals surface area contributed by atoms with Crippen molar-refractivity contribution in [1.82, 2.24) is 19.5 Å². The standard InChI is InChI=1S/C46H37N2O.C14H15N2.Ir/c1-27(2)37-24-33(30-14-7-6-8-15-30)25-38(28(3)4)44(37)48-43-29(5)13-11-20-41(43)47-46(48)36-19-12-18-35-40-23-32-22-21-31-16-9-10-17-34(31)39(32)26-42(40)49-45(35)36;1-14(2,3)12-9-10-15-13(16-12)11-7-5-4-6-8-11;/h6-18,20-28H,1-5H3;4-7,9-10H,1-3H3;/q2*-1;. The number of nitrogens with zero attached hydrogens (tertiary/aromatic N) is 4. The second kappa shape index (κ2) is 17.9. The minimum Gasteiger partial charge on any atom is -0.501 e. The first-order chi connectivity index (χ1) is 31.4. The van der Waals surface area contributed by atoms with E-state index in [0.717, 1.165) is 61.4 Å². The van der Waals surface area contributed by atoms with E-state index in [1.165, 1.54) is 55.0 Å². The van der Waals surface area contributed by atoms with Gasteiger partial charge >= 0.3 is 0 Å². The van der Waals surface area contributed by atoms with Gasteiger partial charge in [-0.15, -0.1) is 54.1 Å². The summed E-state index contributed by atoms with van der Waals surface area (Å²) in [6.07, 6.45) is 1.81. The molecule has 0 aliphatic rings. The number of aryl methyl sites for hydroxylation is 1. The van der Waals surface area contributed by atoms with Crippen molar-refractivity contribution in [2.75, 3.05) is 0 Å². The van der Waals surface area contributed by atoms with Crippen molar-refractivity contribution in [3.63, 3.8) is 0 Å². The number of benzene rings is 8. The van der Waals surface area contributed by atoms with Gasteiger partial charge in [-0.25, -0.2) is 0 Å². The molecule has 0 fully saturated rings. The van der Waals surface area contributed by atoms with Gasteiger partial charge < -0.3 is 8.98 Å². The predicted octanol–water partition coefficient (Wildman–Crippen LogP) is 16.2. The van der Waals surface area contributed by atoms with Gasteiger partial charge in [0.2, 0.25) is 0 Å². The zero-order chi connectivity index (χ0) is 45.0. The molecule has 0 saturated carbocycles. The van der Waals surface area contributed by atoms with Crippen molar-refractivity contribution in [2.45, 2.75) is 72.6 Å². The van der Waals surface area contributed by atoms with Crippen LogP contribution in [0.4, 0.5) is 0 Å². The largest absolute Gasteiger partial charge is 0.501 e. The smallest absolute Gasteiger partial charge is 0.121 e. The fraction of sp³-hybridized carbons (Fsp3) is 0.183. The zero-order valence-corrected chi connectivity index (χ0v) is 41.1. The molecule has 0 bridgehead atoms. The van der Waals surface area contributed by atoms with Gasteiger partial charge in [0.15, 0.2) is 0 Å². The van der Waals surface area contributed by atoms with Gasteiger partial charge in [-0.05, 0) is 105 Å². The summed E-state index contributed by atoms with van der Waals surface area (Å²) in [6.45, 7) is 17.8. The topological polar surface area (TPSA) is 56.7 Å². The second-order valence-corrected chi connectivity index (χ2v) is 18.7. The zero-order valence-electron chi connectivity index (χ0n) is 38.7. The molecule has 3 heterocycles. The van der Waals surface area contributed by atoms with E-state index in [4.69, 9.17) is 9.40 Å². The number of hydrogen-bond donors (Lipinski definition) is 0. The molecule has 0 spiro atoms. The summed E-state index contributed by atoms with van der Waals surface area (Å²) >= 11 is 0. The quantitative estimate of drug-likeness (QED) is 0.123. The van der Waals surface area contributed by atoms with Crippen LogP contribution in [0.15, 0.2) is 162 Å². The third-order valence-electron chi connectivity index (χ3n) is 12.5. The average molecular weight is 1040 g/mol. The number of furan rings is 1. The fourth-order valence-corrected chi connectivity index (χ4v) is 9.14. The van der Waals surface area contributed by atoms with Crippen molar-refractivity contribution in [2.24, 2.45) is 0 Å². The molecule has 0 aliphatic heterocycles. The van der Waals surface area contributed by atoms with Crippen molar-refractivity contribution in [3.8, 4) is 39.6 Å². The van der Waals surface area contributed by atoms with Crippen LogP contribution < -0.4 is 0 Å². The number of imidazole rings is 1.